The molecule has 3 aliphatic rings. The number of piperidine rings is 1. The number of ketones is 1. The summed E-state index contributed by atoms with van der Waals surface area (Å²) in [6.07, 6.45) is -0.0810. The van der Waals surface area contributed by atoms with Gasteiger partial charge in [0.1, 0.15) is 24.4 Å². The van der Waals surface area contributed by atoms with Gasteiger partial charge in [0.25, 0.3) is 0 Å². The summed E-state index contributed by atoms with van der Waals surface area (Å²) in [4.78, 5) is 67.3. The molecule has 4 rings (SSSR count). The van der Waals surface area contributed by atoms with E-state index in [1.807, 2.05) is 20.8 Å². The maximum Gasteiger partial charge on any atom is 0.407 e. The second-order valence-corrected chi connectivity index (χ2v) is 13.5. The first-order valence-corrected chi connectivity index (χ1v) is 14.7. The fourth-order valence-corrected chi connectivity index (χ4v) is 6.48. The summed E-state index contributed by atoms with van der Waals surface area (Å²) in [5.41, 5.74) is -0.840. The Bertz CT molecular complexity index is 1250. The lowest BCUT2D eigenvalue weighted by Crippen LogP contribution is -2.60. The number of methoxy groups -OCH3 is 1. The Balaban J connectivity index is 1.55. The molecule has 3 fully saturated rings. The lowest BCUT2D eigenvalue weighted by Gasteiger charge is -2.37. The van der Waals surface area contributed by atoms with Gasteiger partial charge in [-0.3, -0.25) is 19.2 Å². The summed E-state index contributed by atoms with van der Waals surface area (Å²) in [5.74, 6) is -1.48. The lowest BCUT2D eigenvalue weighted by atomic mass is 9.85. The van der Waals surface area contributed by atoms with E-state index in [1.54, 1.807) is 24.3 Å². The third-order valence-corrected chi connectivity index (χ3v) is 9.12. The topological polar surface area (TPSA) is 143 Å². The molecule has 2 saturated heterocycles. The minimum atomic E-state index is -1.00. The van der Waals surface area contributed by atoms with Gasteiger partial charge < -0.3 is 30.3 Å². The molecule has 3 N–H and O–H groups in total. The van der Waals surface area contributed by atoms with Crippen LogP contribution in [0.5, 0.6) is 5.75 Å². The number of hydrogen-bond acceptors (Lipinski definition) is 7. The number of alkyl carbamates (subject to hydrolysis) is 1. The van der Waals surface area contributed by atoms with Gasteiger partial charge in [-0.05, 0) is 53.7 Å². The Labute approximate surface area is 251 Å². The SMILES string of the molecule is COC(=O)N[C@H](C(=O)N1C[C@H]2[C@@H]([C@H]1C(=O)N[C@@H](C[C@@H]1CCNC1=O)C(=O)COc1cccc(Cl)c1)C2(C)C)C(C)(C)C. The number of fused-ring (bicyclic) bond motifs is 1. The second kappa shape index (κ2) is 12.1. The van der Waals surface area contributed by atoms with E-state index in [2.05, 4.69) is 29.8 Å². The largest absolute Gasteiger partial charge is 0.486 e. The van der Waals surface area contributed by atoms with Gasteiger partial charge in [0, 0.05) is 24.0 Å². The van der Waals surface area contributed by atoms with Crippen LogP contribution in [0.15, 0.2) is 24.3 Å². The summed E-state index contributed by atoms with van der Waals surface area (Å²) >= 11 is 6.03. The molecule has 42 heavy (non-hydrogen) atoms. The van der Waals surface area contributed by atoms with Crippen LogP contribution in [0.1, 0.15) is 47.5 Å². The number of halogens is 1. The number of benzene rings is 1. The van der Waals surface area contributed by atoms with Crippen molar-refractivity contribution in [3.63, 3.8) is 0 Å². The van der Waals surface area contributed by atoms with Gasteiger partial charge >= 0.3 is 6.09 Å². The molecule has 1 aliphatic carbocycles. The minimum absolute atomic E-state index is 0.0943. The molecule has 12 heteroatoms. The molecule has 230 valence electrons. The predicted octanol–water partition coefficient (Wildman–Crippen LogP) is 2.55. The minimum Gasteiger partial charge on any atom is -0.486 e. The van der Waals surface area contributed by atoms with Crippen molar-refractivity contribution in [3.05, 3.63) is 29.3 Å². The van der Waals surface area contributed by atoms with Crippen LogP contribution in [0.2, 0.25) is 5.02 Å². The normalized spacial score (nSPS) is 25.5. The van der Waals surface area contributed by atoms with Crippen molar-refractivity contribution in [3.8, 4) is 5.75 Å². The highest BCUT2D eigenvalue weighted by Gasteiger charge is 2.70. The number of carbonyl (C=O) groups excluding carboxylic acids is 5. The number of nitrogens with zero attached hydrogens (tertiary/aromatic N) is 1. The maximum atomic E-state index is 14.0. The predicted molar refractivity (Wildman–Crippen MR) is 155 cm³/mol. The molecule has 4 amide bonds. The van der Waals surface area contributed by atoms with Crippen molar-refractivity contribution < 1.29 is 33.4 Å². The van der Waals surface area contributed by atoms with E-state index < -0.39 is 53.1 Å². The third-order valence-electron chi connectivity index (χ3n) is 8.89. The van der Waals surface area contributed by atoms with Crippen LogP contribution in [0.25, 0.3) is 0 Å². The molecule has 0 bridgehead atoms. The Hall–Kier alpha value is -3.34. The molecule has 0 unspecified atom stereocenters. The van der Waals surface area contributed by atoms with E-state index >= 15 is 0 Å². The van der Waals surface area contributed by atoms with Gasteiger partial charge in [0.05, 0.1) is 13.2 Å². The van der Waals surface area contributed by atoms with Crippen LogP contribution in [0.4, 0.5) is 4.79 Å². The van der Waals surface area contributed by atoms with Crippen LogP contribution in [0, 0.1) is 28.6 Å². The summed E-state index contributed by atoms with van der Waals surface area (Å²) in [5, 5.41) is 8.74. The van der Waals surface area contributed by atoms with E-state index in [0.717, 1.165) is 0 Å². The van der Waals surface area contributed by atoms with Crippen molar-refractivity contribution in [1.82, 2.24) is 20.9 Å². The standard InChI is InChI=1S/C30H41ClN4O7/c1-29(2,3)24(34-28(40)41-6)27(39)35-14-19-22(30(19,4)5)23(35)26(38)33-20(12-16-10-11-32-25(16)37)21(36)15-42-18-9-7-8-17(31)13-18/h7-9,13,16,19-20,22-24H,10-12,14-15H2,1-6H3,(H,32,37)(H,33,38)(H,34,40)/t16-,19-,20-,22-,23-,24+/m0/s1. The third kappa shape index (κ3) is 6.66. The summed E-state index contributed by atoms with van der Waals surface area (Å²) < 4.78 is 10.4. The molecule has 2 aliphatic heterocycles. The monoisotopic (exact) mass is 604 g/mol. The molecule has 2 heterocycles. The molecule has 0 spiro atoms. The zero-order chi connectivity index (χ0) is 31.0. The molecule has 0 aromatic heterocycles. The molecule has 1 aromatic carbocycles. The summed E-state index contributed by atoms with van der Waals surface area (Å²) in [6, 6.07) is 3.85. The van der Waals surface area contributed by atoms with Crippen LogP contribution in [-0.4, -0.2) is 79.4 Å². The van der Waals surface area contributed by atoms with Crippen molar-refractivity contribution in [2.75, 3.05) is 26.8 Å². The van der Waals surface area contributed by atoms with Crippen molar-refractivity contribution in [2.45, 2.75) is 65.6 Å². The summed E-state index contributed by atoms with van der Waals surface area (Å²) in [7, 11) is 1.22. The molecular weight excluding hydrogens is 564 g/mol. The Kier molecular flexibility index (Phi) is 9.11. The number of hydrogen-bond donors (Lipinski definition) is 3. The van der Waals surface area contributed by atoms with Crippen LogP contribution < -0.4 is 20.7 Å². The first kappa shape index (κ1) is 31.6. The van der Waals surface area contributed by atoms with Gasteiger partial charge in [-0.1, -0.05) is 52.3 Å². The van der Waals surface area contributed by atoms with Crippen LogP contribution in [0.3, 0.4) is 0 Å². The highest BCUT2D eigenvalue weighted by molar-refractivity contribution is 6.30. The zero-order valence-electron chi connectivity index (χ0n) is 25.0. The lowest BCUT2D eigenvalue weighted by molar-refractivity contribution is -0.144. The van der Waals surface area contributed by atoms with Gasteiger partial charge in [0.15, 0.2) is 5.78 Å². The smallest absolute Gasteiger partial charge is 0.407 e. The second-order valence-electron chi connectivity index (χ2n) is 13.1. The Morgan fingerprint density at radius 2 is 1.90 bits per heavy atom. The van der Waals surface area contributed by atoms with Crippen molar-refractivity contribution in [1.29, 1.82) is 0 Å². The summed E-state index contributed by atoms with van der Waals surface area (Å²) in [6.45, 7) is 10.1. The molecule has 0 radical (unpaired) electrons. The number of Topliss-reactive ketones (excluding diaryl/α,β-unsaturated/α-hetero) is 1. The first-order chi connectivity index (χ1) is 19.6. The highest BCUT2D eigenvalue weighted by Crippen LogP contribution is 2.65. The maximum absolute atomic E-state index is 14.0. The van der Waals surface area contributed by atoms with Gasteiger partial charge in [-0.2, -0.15) is 0 Å². The Morgan fingerprint density at radius 1 is 1.19 bits per heavy atom. The van der Waals surface area contributed by atoms with Crippen LogP contribution >= 0.6 is 11.6 Å². The quantitative estimate of drug-likeness (QED) is 0.372. The van der Waals surface area contributed by atoms with E-state index in [4.69, 9.17) is 21.1 Å². The molecule has 1 aromatic rings. The zero-order valence-corrected chi connectivity index (χ0v) is 25.7. The number of ether oxygens (including phenoxy) is 2. The number of carbonyl (C=O) groups is 5. The number of rotatable bonds is 10. The van der Waals surface area contributed by atoms with E-state index in [-0.39, 0.29) is 36.2 Å². The van der Waals surface area contributed by atoms with E-state index in [1.165, 1.54) is 12.0 Å². The Morgan fingerprint density at radius 3 is 2.50 bits per heavy atom. The van der Waals surface area contributed by atoms with Gasteiger partial charge in [-0.15, -0.1) is 0 Å². The van der Waals surface area contributed by atoms with Crippen molar-refractivity contribution >= 4 is 41.2 Å². The average molecular weight is 605 g/mol. The highest BCUT2D eigenvalue weighted by atomic mass is 35.5. The fraction of sp³-hybridized carbons (Fsp3) is 0.633. The average Bonchev–Trinajstić information content (AvgIpc) is 3.26. The fourth-order valence-electron chi connectivity index (χ4n) is 6.30. The van der Waals surface area contributed by atoms with Crippen molar-refractivity contribution in [2.24, 2.45) is 28.6 Å². The van der Waals surface area contributed by atoms with E-state index in [0.29, 0.717) is 30.3 Å². The van der Waals surface area contributed by atoms with Crippen LogP contribution in [-0.2, 0) is 23.9 Å². The van der Waals surface area contributed by atoms with Gasteiger partial charge in [-0.25, -0.2) is 4.79 Å². The molecule has 6 atom stereocenters. The molecule has 11 nitrogen and oxygen atoms in total. The number of likely N-dealkylation sites (tertiary alicyclic amines) is 1. The van der Waals surface area contributed by atoms with Gasteiger partial charge in [0.2, 0.25) is 17.7 Å². The number of amides is 4. The van der Waals surface area contributed by atoms with E-state index in [9.17, 15) is 24.0 Å². The number of nitrogens with one attached hydrogen (secondary N) is 3. The molecular formula is C30H41ClN4O7. The molecule has 1 saturated carbocycles. The first-order valence-electron chi connectivity index (χ1n) is 14.3.